The van der Waals surface area contributed by atoms with Crippen molar-refractivity contribution in [3.63, 3.8) is 0 Å². The van der Waals surface area contributed by atoms with Gasteiger partial charge in [0.15, 0.2) is 5.78 Å². The molecule has 2 N–H and O–H groups in total. The number of carbonyl (C=O) groups is 1. The zero-order valence-electron chi connectivity index (χ0n) is 8.77. The maximum atomic E-state index is 11.2. The standard InChI is InChI=1S/C11H10N4O/c1-8(16)10-7-9(4-5-11(10)12)3-2-6-14-15-13/h4-5,7H,6,12H2,1H3. The minimum Gasteiger partial charge on any atom is -0.398 e. The lowest BCUT2D eigenvalue weighted by molar-refractivity contribution is 0.101. The van der Waals surface area contributed by atoms with E-state index in [0.29, 0.717) is 16.8 Å². The average molecular weight is 214 g/mol. The molecule has 0 aliphatic rings. The summed E-state index contributed by atoms with van der Waals surface area (Å²) >= 11 is 0. The van der Waals surface area contributed by atoms with Gasteiger partial charge >= 0.3 is 0 Å². The predicted molar refractivity (Wildman–Crippen MR) is 61.7 cm³/mol. The molecule has 0 unspecified atom stereocenters. The van der Waals surface area contributed by atoms with E-state index in [1.807, 2.05) is 0 Å². The third kappa shape index (κ3) is 3.05. The summed E-state index contributed by atoms with van der Waals surface area (Å²) in [7, 11) is 0. The molecule has 80 valence electrons. The number of nitrogen functional groups attached to an aromatic ring is 1. The third-order valence-electron chi connectivity index (χ3n) is 1.88. The van der Waals surface area contributed by atoms with E-state index in [2.05, 4.69) is 21.9 Å². The van der Waals surface area contributed by atoms with Crippen LogP contribution in [-0.2, 0) is 0 Å². The lowest BCUT2D eigenvalue weighted by Gasteiger charge is -2.01. The first-order chi connectivity index (χ1) is 7.65. The fraction of sp³-hybridized carbons (Fsp3) is 0.182. The first-order valence-corrected chi connectivity index (χ1v) is 4.55. The molecule has 5 nitrogen and oxygen atoms in total. The third-order valence-corrected chi connectivity index (χ3v) is 1.88. The highest BCUT2D eigenvalue weighted by Crippen LogP contribution is 2.14. The Morgan fingerprint density at radius 2 is 2.38 bits per heavy atom. The van der Waals surface area contributed by atoms with Crippen LogP contribution in [0.3, 0.4) is 0 Å². The molecule has 5 heteroatoms. The molecule has 0 heterocycles. The maximum Gasteiger partial charge on any atom is 0.161 e. The van der Waals surface area contributed by atoms with Gasteiger partial charge in [-0.1, -0.05) is 17.0 Å². The Hall–Kier alpha value is -2.44. The lowest BCUT2D eigenvalue weighted by Crippen LogP contribution is -1.99. The zero-order valence-corrected chi connectivity index (χ0v) is 8.77. The number of anilines is 1. The number of rotatable bonds is 2. The van der Waals surface area contributed by atoms with E-state index in [9.17, 15) is 4.79 Å². The number of nitrogens with zero attached hydrogens (tertiary/aromatic N) is 3. The van der Waals surface area contributed by atoms with E-state index >= 15 is 0 Å². The summed E-state index contributed by atoms with van der Waals surface area (Å²) in [5.74, 6) is 5.34. The van der Waals surface area contributed by atoms with Crippen LogP contribution in [0.4, 0.5) is 5.69 Å². The first kappa shape index (κ1) is 11.6. The molecule has 0 aromatic heterocycles. The quantitative estimate of drug-likeness (QED) is 0.204. The summed E-state index contributed by atoms with van der Waals surface area (Å²) < 4.78 is 0. The Bertz CT molecular complexity index is 519. The molecule has 16 heavy (non-hydrogen) atoms. The van der Waals surface area contributed by atoms with Crippen LogP contribution < -0.4 is 5.73 Å². The summed E-state index contributed by atoms with van der Waals surface area (Å²) in [6, 6.07) is 4.97. The SMILES string of the molecule is CC(=O)c1cc(C#CCN=[N+]=[N-])ccc1N. The Labute approximate surface area is 92.9 Å². The van der Waals surface area contributed by atoms with Gasteiger partial charge in [0.2, 0.25) is 0 Å². The van der Waals surface area contributed by atoms with Gasteiger partial charge in [0.05, 0.1) is 6.54 Å². The minimum atomic E-state index is -0.101. The van der Waals surface area contributed by atoms with Crippen molar-refractivity contribution in [3.05, 3.63) is 39.8 Å². The molecule has 0 amide bonds. The minimum absolute atomic E-state index is 0.101. The molecule has 1 aromatic carbocycles. The van der Waals surface area contributed by atoms with Crippen molar-refractivity contribution in [3.8, 4) is 11.8 Å². The molecule has 0 radical (unpaired) electrons. The molecule has 1 aromatic rings. The fourth-order valence-electron chi connectivity index (χ4n) is 1.15. The average Bonchev–Trinajstić information content (AvgIpc) is 2.26. The van der Waals surface area contributed by atoms with E-state index in [1.54, 1.807) is 18.2 Å². The summed E-state index contributed by atoms with van der Waals surface area (Å²) in [6.45, 7) is 1.55. The summed E-state index contributed by atoms with van der Waals surface area (Å²) in [4.78, 5) is 13.8. The topological polar surface area (TPSA) is 91.8 Å². The van der Waals surface area contributed by atoms with Crippen LogP contribution in [0.5, 0.6) is 0 Å². The van der Waals surface area contributed by atoms with Crippen LogP contribution in [0.2, 0.25) is 0 Å². The molecule has 1 rings (SSSR count). The number of azide groups is 1. The van der Waals surface area contributed by atoms with Gasteiger partial charge in [0.1, 0.15) is 0 Å². The zero-order chi connectivity index (χ0) is 12.0. The highest BCUT2D eigenvalue weighted by Gasteiger charge is 2.04. The molecular weight excluding hydrogens is 204 g/mol. The largest absolute Gasteiger partial charge is 0.398 e. The smallest absolute Gasteiger partial charge is 0.161 e. The number of hydrogen-bond donors (Lipinski definition) is 1. The van der Waals surface area contributed by atoms with Crippen molar-refractivity contribution in [2.75, 3.05) is 12.3 Å². The van der Waals surface area contributed by atoms with Gasteiger partial charge in [0, 0.05) is 21.7 Å². The Morgan fingerprint density at radius 1 is 1.62 bits per heavy atom. The van der Waals surface area contributed by atoms with Crippen molar-refractivity contribution in [2.24, 2.45) is 5.11 Å². The van der Waals surface area contributed by atoms with E-state index in [0.717, 1.165) is 0 Å². The van der Waals surface area contributed by atoms with E-state index in [-0.39, 0.29) is 12.3 Å². The van der Waals surface area contributed by atoms with Crippen molar-refractivity contribution in [1.29, 1.82) is 0 Å². The second-order valence-electron chi connectivity index (χ2n) is 3.05. The molecule has 0 aliphatic carbocycles. The number of carbonyl (C=O) groups excluding carboxylic acids is 1. The highest BCUT2D eigenvalue weighted by molar-refractivity contribution is 5.99. The molecule has 0 atom stereocenters. The van der Waals surface area contributed by atoms with Gasteiger partial charge < -0.3 is 5.73 Å². The second kappa shape index (κ2) is 5.44. The Morgan fingerprint density at radius 3 is 3.00 bits per heavy atom. The molecule has 0 aliphatic heterocycles. The number of nitrogens with two attached hydrogens (primary N) is 1. The van der Waals surface area contributed by atoms with Gasteiger partial charge in [-0.15, -0.1) is 0 Å². The summed E-state index contributed by atoms with van der Waals surface area (Å²) in [6.07, 6.45) is 0. The van der Waals surface area contributed by atoms with Gasteiger partial charge in [-0.3, -0.25) is 4.79 Å². The number of Topliss-reactive ketones (excluding diaryl/α,β-unsaturated/α-hetero) is 1. The van der Waals surface area contributed by atoms with Crippen molar-refractivity contribution >= 4 is 11.5 Å². The number of benzene rings is 1. The molecule has 0 spiro atoms. The van der Waals surface area contributed by atoms with Crippen LogP contribution in [0.1, 0.15) is 22.8 Å². The lowest BCUT2D eigenvalue weighted by atomic mass is 10.1. The molecule has 0 bridgehead atoms. The maximum absolute atomic E-state index is 11.2. The van der Waals surface area contributed by atoms with Crippen LogP contribution in [0.15, 0.2) is 23.3 Å². The van der Waals surface area contributed by atoms with Crippen molar-refractivity contribution in [2.45, 2.75) is 6.92 Å². The monoisotopic (exact) mass is 214 g/mol. The number of hydrogen-bond acceptors (Lipinski definition) is 3. The van der Waals surface area contributed by atoms with Gasteiger partial charge in [0.25, 0.3) is 0 Å². The van der Waals surface area contributed by atoms with Gasteiger partial charge in [-0.05, 0) is 30.7 Å². The van der Waals surface area contributed by atoms with E-state index in [1.165, 1.54) is 6.92 Å². The molecule has 0 fully saturated rings. The van der Waals surface area contributed by atoms with Crippen LogP contribution in [-0.4, -0.2) is 12.3 Å². The highest BCUT2D eigenvalue weighted by atomic mass is 16.1. The number of ketones is 1. The fourth-order valence-corrected chi connectivity index (χ4v) is 1.15. The normalized spacial score (nSPS) is 8.56. The van der Waals surface area contributed by atoms with E-state index < -0.39 is 0 Å². The predicted octanol–water partition coefficient (Wildman–Crippen LogP) is 2.13. The molecular formula is C11H10N4O. The van der Waals surface area contributed by atoms with Crippen LogP contribution >= 0.6 is 0 Å². The molecule has 0 saturated heterocycles. The van der Waals surface area contributed by atoms with Crippen LogP contribution in [0.25, 0.3) is 10.4 Å². The Kier molecular flexibility index (Phi) is 3.96. The van der Waals surface area contributed by atoms with Crippen LogP contribution in [0, 0.1) is 11.8 Å². The summed E-state index contributed by atoms with van der Waals surface area (Å²) in [5, 5.41) is 3.28. The Balaban J connectivity index is 2.97. The van der Waals surface area contributed by atoms with Crippen molar-refractivity contribution < 1.29 is 4.79 Å². The summed E-state index contributed by atoms with van der Waals surface area (Å²) in [5.41, 5.74) is 15.2. The van der Waals surface area contributed by atoms with E-state index in [4.69, 9.17) is 11.3 Å². The molecule has 0 saturated carbocycles. The second-order valence-corrected chi connectivity index (χ2v) is 3.05. The van der Waals surface area contributed by atoms with Crippen molar-refractivity contribution in [1.82, 2.24) is 0 Å². The first-order valence-electron chi connectivity index (χ1n) is 4.55. The van der Waals surface area contributed by atoms with Gasteiger partial charge in [-0.2, -0.15) is 0 Å². The van der Waals surface area contributed by atoms with Gasteiger partial charge in [-0.25, -0.2) is 0 Å².